The van der Waals surface area contributed by atoms with Crippen LogP contribution in [0.2, 0.25) is 0 Å². The minimum Gasteiger partial charge on any atom is -0.487 e. The Balaban J connectivity index is 2.25. The first-order chi connectivity index (χ1) is 16.4. The molecule has 2 bridgehead atoms. The second-order valence-corrected chi connectivity index (χ2v) is 10.7. The van der Waals surface area contributed by atoms with Gasteiger partial charge in [-0.15, -0.1) is 0 Å². The summed E-state index contributed by atoms with van der Waals surface area (Å²) >= 11 is 0. The molecule has 2 fully saturated rings. The van der Waals surface area contributed by atoms with Crippen LogP contribution in [-0.4, -0.2) is 54.0 Å². The first kappa shape index (κ1) is 27.2. The summed E-state index contributed by atoms with van der Waals surface area (Å²) in [5, 5.41) is 11.1. The highest BCUT2D eigenvalue weighted by atomic mass is 16.6. The molecule has 0 aromatic rings. The Bertz CT molecular complexity index is 907. The zero-order valence-electron chi connectivity index (χ0n) is 22.0. The third kappa shape index (κ3) is 5.13. The molecule has 8 heteroatoms. The van der Waals surface area contributed by atoms with E-state index in [0.717, 1.165) is 0 Å². The predicted molar refractivity (Wildman–Crippen MR) is 128 cm³/mol. The number of esters is 3. The van der Waals surface area contributed by atoms with Crippen molar-refractivity contribution in [1.82, 2.24) is 0 Å². The van der Waals surface area contributed by atoms with Gasteiger partial charge in [-0.1, -0.05) is 26.8 Å². The van der Waals surface area contributed by atoms with Crippen molar-refractivity contribution in [2.75, 3.05) is 7.11 Å². The number of aliphatic hydroxyl groups is 1. The van der Waals surface area contributed by atoms with E-state index < -0.39 is 53.1 Å². The molecule has 7 unspecified atom stereocenters. The quantitative estimate of drug-likeness (QED) is 0.440. The highest BCUT2D eigenvalue weighted by molar-refractivity contribution is 5.76. The van der Waals surface area contributed by atoms with Gasteiger partial charge in [0.1, 0.15) is 23.6 Å². The van der Waals surface area contributed by atoms with Gasteiger partial charge in [-0.3, -0.25) is 14.4 Å². The van der Waals surface area contributed by atoms with E-state index in [0.29, 0.717) is 30.6 Å². The van der Waals surface area contributed by atoms with Gasteiger partial charge in [0.15, 0.2) is 0 Å². The standard InChI is InChI=1S/C27H40O8/c1-8-9-22(30)34-20-11-13-26(5)12-10-18(15(2)25(31)32-7)24(35-26)23-16(3)19(29)14-21(27(20,23)6)33-17(4)28/h10,12,15-16,19-21,23,29H,8-9,11,13-14H2,1-7H3/t15?,16?,19?,20?,21?,23?,26?,27-/m0/s1. The number of rotatable bonds is 6. The Kier molecular flexibility index (Phi) is 8.04. The van der Waals surface area contributed by atoms with Gasteiger partial charge in [-0.2, -0.15) is 0 Å². The summed E-state index contributed by atoms with van der Waals surface area (Å²) < 4.78 is 23.6. The number of methoxy groups -OCH3 is 1. The summed E-state index contributed by atoms with van der Waals surface area (Å²) in [6, 6.07) is 0. The number of carbonyl (C=O) groups is 3. The summed E-state index contributed by atoms with van der Waals surface area (Å²) in [5.41, 5.74) is -0.908. The van der Waals surface area contributed by atoms with Gasteiger partial charge in [0.05, 0.1) is 24.5 Å². The summed E-state index contributed by atoms with van der Waals surface area (Å²) in [6.45, 7) is 10.9. The molecular formula is C27H40O8. The molecule has 0 amide bonds. The Labute approximate surface area is 208 Å². The molecule has 2 heterocycles. The molecule has 196 valence electrons. The van der Waals surface area contributed by atoms with Crippen LogP contribution in [0, 0.1) is 23.2 Å². The van der Waals surface area contributed by atoms with Crippen LogP contribution in [-0.2, 0) is 33.3 Å². The molecule has 0 radical (unpaired) electrons. The van der Waals surface area contributed by atoms with Gasteiger partial charge >= 0.3 is 17.9 Å². The highest BCUT2D eigenvalue weighted by Crippen LogP contribution is 2.57. The molecular weight excluding hydrogens is 452 g/mol. The highest BCUT2D eigenvalue weighted by Gasteiger charge is 2.61. The average molecular weight is 493 g/mol. The topological polar surface area (TPSA) is 108 Å². The van der Waals surface area contributed by atoms with E-state index in [1.165, 1.54) is 14.0 Å². The van der Waals surface area contributed by atoms with Crippen molar-refractivity contribution < 1.29 is 38.4 Å². The van der Waals surface area contributed by atoms with E-state index in [2.05, 4.69) is 0 Å². The average Bonchev–Trinajstić information content (AvgIpc) is 2.78. The van der Waals surface area contributed by atoms with E-state index in [9.17, 15) is 19.5 Å². The largest absolute Gasteiger partial charge is 0.487 e. The zero-order valence-corrected chi connectivity index (χ0v) is 22.0. The molecule has 8 nitrogen and oxygen atoms in total. The van der Waals surface area contributed by atoms with Crippen LogP contribution in [0.25, 0.3) is 0 Å². The molecule has 0 aromatic heterocycles. The maximum absolute atomic E-state index is 12.7. The van der Waals surface area contributed by atoms with Crippen molar-refractivity contribution >= 4 is 17.9 Å². The lowest BCUT2D eigenvalue weighted by molar-refractivity contribution is -0.214. The predicted octanol–water partition coefficient (Wildman–Crippen LogP) is 3.86. The van der Waals surface area contributed by atoms with Gasteiger partial charge in [0.25, 0.3) is 0 Å². The second-order valence-electron chi connectivity index (χ2n) is 10.7. The van der Waals surface area contributed by atoms with E-state index in [-0.39, 0.29) is 24.7 Å². The molecule has 0 aromatic carbocycles. The normalized spacial score (nSPS) is 37.2. The Morgan fingerprint density at radius 3 is 2.51 bits per heavy atom. The Morgan fingerprint density at radius 2 is 1.91 bits per heavy atom. The van der Waals surface area contributed by atoms with E-state index in [1.807, 2.05) is 39.8 Å². The van der Waals surface area contributed by atoms with Gasteiger partial charge < -0.3 is 24.1 Å². The van der Waals surface area contributed by atoms with Crippen LogP contribution in [0.4, 0.5) is 0 Å². The number of fused-ring (bicyclic) bond motifs is 4. The van der Waals surface area contributed by atoms with Crippen LogP contribution in [0.1, 0.15) is 73.6 Å². The van der Waals surface area contributed by atoms with Crippen molar-refractivity contribution in [2.45, 2.75) is 97.6 Å². The summed E-state index contributed by atoms with van der Waals surface area (Å²) in [6.07, 6.45) is 4.00. The molecule has 8 atom stereocenters. The molecule has 35 heavy (non-hydrogen) atoms. The van der Waals surface area contributed by atoms with Gasteiger partial charge in [0, 0.05) is 31.3 Å². The molecule has 1 aliphatic carbocycles. The summed E-state index contributed by atoms with van der Waals surface area (Å²) in [4.78, 5) is 37.4. The number of carbonyl (C=O) groups excluding carboxylic acids is 3. The van der Waals surface area contributed by atoms with E-state index in [1.54, 1.807) is 6.92 Å². The van der Waals surface area contributed by atoms with Crippen LogP contribution in [0.5, 0.6) is 0 Å². The van der Waals surface area contributed by atoms with Gasteiger partial charge in [0.2, 0.25) is 0 Å². The maximum atomic E-state index is 12.7. The van der Waals surface area contributed by atoms with Gasteiger partial charge in [-0.05, 0) is 45.1 Å². The fourth-order valence-corrected chi connectivity index (χ4v) is 6.05. The summed E-state index contributed by atoms with van der Waals surface area (Å²) in [7, 11) is 1.34. The summed E-state index contributed by atoms with van der Waals surface area (Å²) in [5.74, 6) is -2.02. The fraction of sp³-hybridized carbons (Fsp3) is 0.741. The van der Waals surface area contributed by atoms with Crippen molar-refractivity contribution in [3.63, 3.8) is 0 Å². The van der Waals surface area contributed by atoms with Gasteiger partial charge in [-0.25, -0.2) is 0 Å². The molecule has 3 aliphatic rings. The van der Waals surface area contributed by atoms with E-state index >= 15 is 0 Å². The number of aliphatic hydroxyl groups excluding tert-OH is 1. The lowest BCUT2D eigenvalue weighted by Gasteiger charge is -2.57. The third-order valence-electron chi connectivity index (χ3n) is 8.13. The molecule has 1 saturated carbocycles. The first-order valence-corrected chi connectivity index (χ1v) is 12.6. The zero-order chi connectivity index (χ0) is 26.1. The lowest BCUT2D eigenvalue weighted by atomic mass is 9.55. The number of hydrogen-bond donors (Lipinski definition) is 1. The van der Waals surface area contributed by atoms with Crippen molar-refractivity contribution in [1.29, 1.82) is 0 Å². The van der Waals surface area contributed by atoms with Crippen LogP contribution >= 0.6 is 0 Å². The molecule has 1 saturated heterocycles. The van der Waals surface area contributed by atoms with Crippen molar-refractivity contribution in [3.8, 4) is 0 Å². The fourth-order valence-electron chi connectivity index (χ4n) is 6.05. The minimum absolute atomic E-state index is 0.220. The first-order valence-electron chi connectivity index (χ1n) is 12.6. The Morgan fingerprint density at radius 1 is 1.23 bits per heavy atom. The number of ether oxygens (including phenoxy) is 4. The molecule has 3 rings (SSSR count). The van der Waals surface area contributed by atoms with Crippen LogP contribution < -0.4 is 0 Å². The lowest BCUT2D eigenvalue weighted by Crippen LogP contribution is -2.61. The number of hydrogen-bond acceptors (Lipinski definition) is 8. The monoisotopic (exact) mass is 492 g/mol. The smallest absolute Gasteiger partial charge is 0.312 e. The molecule has 0 spiro atoms. The third-order valence-corrected chi connectivity index (χ3v) is 8.13. The number of allylic oxidation sites excluding steroid dienone is 2. The van der Waals surface area contributed by atoms with E-state index in [4.69, 9.17) is 18.9 Å². The maximum Gasteiger partial charge on any atom is 0.312 e. The van der Waals surface area contributed by atoms with Crippen molar-refractivity contribution in [3.05, 3.63) is 23.5 Å². The molecule has 2 aliphatic heterocycles. The molecule has 1 N–H and O–H groups in total. The Hall–Kier alpha value is -2.35. The van der Waals surface area contributed by atoms with Crippen LogP contribution in [0.3, 0.4) is 0 Å². The van der Waals surface area contributed by atoms with Crippen LogP contribution in [0.15, 0.2) is 23.5 Å². The van der Waals surface area contributed by atoms with Crippen molar-refractivity contribution in [2.24, 2.45) is 23.2 Å². The second kappa shape index (κ2) is 10.3. The minimum atomic E-state index is -0.892. The SMILES string of the molecule is CCCC(=O)OC1CCC2(C)C=CC(C(C)C(=O)OC)=C(O2)C2C(C)C(O)CC(OC(C)=O)[C@]12C.